The van der Waals surface area contributed by atoms with Gasteiger partial charge in [-0.05, 0) is 32.2 Å². The SMILES string of the molecule is CCOCCCOC(=O)[C@H](CNC(=O)c1cccs1)NC(=O)c1c(C)nn(C)c1C. The summed E-state index contributed by atoms with van der Waals surface area (Å²) >= 11 is 1.29. The molecule has 2 rings (SSSR count). The predicted octanol–water partition coefficient (Wildman–Crippen LogP) is 1.60. The highest BCUT2D eigenvalue weighted by atomic mass is 32.1. The summed E-state index contributed by atoms with van der Waals surface area (Å²) < 4.78 is 12.1. The number of nitrogens with zero attached hydrogens (tertiary/aromatic N) is 2. The van der Waals surface area contributed by atoms with Crippen LogP contribution < -0.4 is 10.6 Å². The lowest BCUT2D eigenvalue weighted by Gasteiger charge is -2.18. The van der Waals surface area contributed by atoms with Crippen molar-refractivity contribution in [1.29, 1.82) is 0 Å². The molecule has 0 aliphatic carbocycles. The molecule has 2 N–H and O–H groups in total. The van der Waals surface area contributed by atoms with E-state index in [1.807, 2.05) is 6.92 Å². The molecule has 0 aliphatic rings. The van der Waals surface area contributed by atoms with E-state index in [0.717, 1.165) is 0 Å². The highest BCUT2D eigenvalue weighted by Crippen LogP contribution is 2.12. The van der Waals surface area contributed by atoms with Gasteiger partial charge in [-0.1, -0.05) is 6.07 Å². The molecule has 9 nitrogen and oxygen atoms in total. The van der Waals surface area contributed by atoms with E-state index < -0.39 is 17.9 Å². The van der Waals surface area contributed by atoms with E-state index >= 15 is 0 Å². The van der Waals surface area contributed by atoms with Crippen molar-refractivity contribution in [3.63, 3.8) is 0 Å². The fraction of sp³-hybridized carbons (Fsp3) is 0.500. The van der Waals surface area contributed by atoms with Gasteiger partial charge in [-0.3, -0.25) is 14.3 Å². The van der Waals surface area contributed by atoms with Crippen molar-refractivity contribution in [3.8, 4) is 0 Å². The summed E-state index contributed by atoms with van der Waals surface area (Å²) in [4.78, 5) is 38.1. The molecule has 2 aromatic heterocycles. The molecule has 2 aromatic rings. The second kappa shape index (κ2) is 11.5. The molecule has 0 fully saturated rings. The Morgan fingerprint density at radius 3 is 2.60 bits per heavy atom. The lowest BCUT2D eigenvalue weighted by Crippen LogP contribution is -2.49. The van der Waals surface area contributed by atoms with Gasteiger partial charge in [-0.15, -0.1) is 11.3 Å². The van der Waals surface area contributed by atoms with E-state index in [0.29, 0.717) is 41.5 Å². The molecule has 164 valence electrons. The summed E-state index contributed by atoms with van der Waals surface area (Å²) in [6, 6.07) is 2.41. The van der Waals surface area contributed by atoms with Crippen LogP contribution in [0.25, 0.3) is 0 Å². The molecule has 0 radical (unpaired) electrons. The number of hydrogen-bond acceptors (Lipinski definition) is 7. The van der Waals surface area contributed by atoms with Gasteiger partial charge in [0.05, 0.1) is 22.7 Å². The highest BCUT2D eigenvalue weighted by molar-refractivity contribution is 7.12. The summed E-state index contributed by atoms with van der Waals surface area (Å²) in [5.74, 6) is -1.38. The van der Waals surface area contributed by atoms with Crippen LogP contribution in [0.1, 0.15) is 44.8 Å². The number of rotatable bonds is 11. The Morgan fingerprint density at radius 1 is 1.23 bits per heavy atom. The number of thiophene rings is 1. The second-order valence-electron chi connectivity index (χ2n) is 6.60. The van der Waals surface area contributed by atoms with Gasteiger partial charge in [0.25, 0.3) is 11.8 Å². The van der Waals surface area contributed by atoms with Gasteiger partial charge < -0.3 is 20.1 Å². The standard InChI is InChI=1S/C20H28N4O5S/c1-5-28-9-7-10-29-20(27)15(12-21-18(25)16-8-6-11-30-16)22-19(26)17-13(2)23-24(4)14(17)3/h6,8,11,15H,5,7,9-10,12H2,1-4H3,(H,21,25)(H,22,26)/t15-/m0/s1. The molecule has 0 unspecified atom stereocenters. The molecular weight excluding hydrogens is 408 g/mol. The van der Waals surface area contributed by atoms with Crippen LogP contribution in [0, 0.1) is 13.8 Å². The van der Waals surface area contributed by atoms with Crippen molar-refractivity contribution in [2.45, 2.75) is 33.2 Å². The molecule has 2 heterocycles. The zero-order valence-corrected chi connectivity index (χ0v) is 18.5. The Balaban J connectivity index is 2.04. The monoisotopic (exact) mass is 436 g/mol. The number of nitrogens with one attached hydrogen (secondary N) is 2. The van der Waals surface area contributed by atoms with E-state index in [9.17, 15) is 14.4 Å². The first-order chi connectivity index (χ1) is 14.3. The molecule has 2 amide bonds. The molecule has 30 heavy (non-hydrogen) atoms. The predicted molar refractivity (Wildman–Crippen MR) is 113 cm³/mol. The number of carbonyl (C=O) groups is 3. The smallest absolute Gasteiger partial charge is 0.330 e. The lowest BCUT2D eigenvalue weighted by atomic mass is 10.1. The normalized spacial score (nSPS) is 11.7. The van der Waals surface area contributed by atoms with E-state index in [1.54, 1.807) is 43.1 Å². The largest absolute Gasteiger partial charge is 0.464 e. The van der Waals surface area contributed by atoms with Crippen LogP contribution in [-0.2, 0) is 21.3 Å². The first-order valence-corrected chi connectivity index (χ1v) is 10.6. The third-order valence-corrected chi connectivity index (χ3v) is 5.29. The Hall–Kier alpha value is -2.72. The van der Waals surface area contributed by atoms with Crippen LogP contribution >= 0.6 is 11.3 Å². The molecule has 10 heteroatoms. The number of amides is 2. The van der Waals surface area contributed by atoms with Crippen molar-refractivity contribution < 1.29 is 23.9 Å². The minimum atomic E-state index is -1.03. The van der Waals surface area contributed by atoms with Crippen molar-refractivity contribution >= 4 is 29.1 Å². The maximum Gasteiger partial charge on any atom is 0.330 e. The number of aromatic nitrogens is 2. The van der Waals surface area contributed by atoms with Gasteiger partial charge in [-0.25, -0.2) is 4.79 Å². The molecule has 1 atom stereocenters. The second-order valence-corrected chi connectivity index (χ2v) is 7.55. The Labute approximate surface area is 179 Å². The van der Waals surface area contributed by atoms with Gasteiger partial charge in [0.2, 0.25) is 0 Å². The molecular formula is C20H28N4O5S. The summed E-state index contributed by atoms with van der Waals surface area (Å²) in [5, 5.41) is 11.4. The van der Waals surface area contributed by atoms with Gasteiger partial charge >= 0.3 is 5.97 Å². The maximum atomic E-state index is 12.8. The van der Waals surface area contributed by atoms with Crippen LogP contribution in [0.5, 0.6) is 0 Å². The van der Waals surface area contributed by atoms with E-state index in [1.165, 1.54) is 11.3 Å². The zero-order chi connectivity index (χ0) is 22.1. The highest BCUT2D eigenvalue weighted by Gasteiger charge is 2.26. The van der Waals surface area contributed by atoms with Gasteiger partial charge in [0.15, 0.2) is 0 Å². The number of esters is 1. The van der Waals surface area contributed by atoms with E-state index in [2.05, 4.69) is 15.7 Å². The zero-order valence-electron chi connectivity index (χ0n) is 17.7. The number of ether oxygens (including phenoxy) is 2. The third kappa shape index (κ3) is 6.39. The van der Waals surface area contributed by atoms with Gasteiger partial charge in [0, 0.05) is 38.9 Å². The van der Waals surface area contributed by atoms with Gasteiger partial charge in [-0.2, -0.15) is 5.10 Å². The van der Waals surface area contributed by atoms with Crippen LogP contribution in [0.3, 0.4) is 0 Å². The average Bonchev–Trinajstić information content (AvgIpc) is 3.33. The minimum Gasteiger partial charge on any atom is -0.464 e. The van der Waals surface area contributed by atoms with E-state index in [4.69, 9.17) is 9.47 Å². The van der Waals surface area contributed by atoms with Crippen molar-refractivity contribution in [2.24, 2.45) is 7.05 Å². The Kier molecular flexibility index (Phi) is 9.00. The molecule has 0 aromatic carbocycles. The fourth-order valence-electron chi connectivity index (χ4n) is 2.79. The topological polar surface area (TPSA) is 112 Å². The molecule has 0 aliphatic heterocycles. The number of hydrogen-bond donors (Lipinski definition) is 2. The first kappa shape index (κ1) is 23.6. The Morgan fingerprint density at radius 2 is 2.00 bits per heavy atom. The lowest BCUT2D eigenvalue weighted by molar-refractivity contribution is -0.146. The summed E-state index contributed by atoms with van der Waals surface area (Å²) in [7, 11) is 1.74. The quantitative estimate of drug-likeness (QED) is 0.409. The molecule has 0 bridgehead atoms. The van der Waals surface area contributed by atoms with Gasteiger partial charge in [0.1, 0.15) is 6.04 Å². The summed E-state index contributed by atoms with van der Waals surface area (Å²) in [5.41, 5.74) is 1.63. The number of carbonyl (C=O) groups excluding carboxylic acids is 3. The third-order valence-electron chi connectivity index (χ3n) is 4.42. The van der Waals surface area contributed by atoms with Crippen molar-refractivity contribution in [1.82, 2.24) is 20.4 Å². The molecule has 0 saturated carbocycles. The van der Waals surface area contributed by atoms with Crippen LogP contribution in [0.2, 0.25) is 0 Å². The van der Waals surface area contributed by atoms with E-state index in [-0.39, 0.29) is 19.1 Å². The minimum absolute atomic E-state index is 0.0921. The fourth-order valence-corrected chi connectivity index (χ4v) is 3.43. The molecule has 0 spiro atoms. The van der Waals surface area contributed by atoms with Crippen LogP contribution in [-0.4, -0.2) is 60.0 Å². The summed E-state index contributed by atoms with van der Waals surface area (Å²) in [6.07, 6.45) is 0.544. The van der Waals surface area contributed by atoms with Crippen molar-refractivity contribution in [2.75, 3.05) is 26.4 Å². The Bertz CT molecular complexity index is 863. The number of aryl methyl sites for hydroxylation is 2. The maximum absolute atomic E-state index is 12.8. The summed E-state index contributed by atoms with van der Waals surface area (Å²) in [6.45, 7) is 6.52. The first-order valence-electron chi connectivity index (χ1n) is 9.72. The van der Waals surface area contributed by atoms with Crippen LogP contribution in [0.15, 0.2) is 17.5 Å². The molecule has 0 saturated heterocycles. The average molecular weight is 437 g/mol. The van der Waals surface area contributed by atoms with Crippen molar-refractivity contribution in [3.05, 3.63) is 39.3 Å². The van der Waals surface area contributed by atoms with Crippen LogP contribution in [0.4, 0.5) is 0 Å².